The van der Waals surface area contributed by atoms with Crippen molar-refractivity contribution in [3.8, 4) is 0 Å². The molecule has 14 nitrogen and oxygen atoms in total. The summed E-state index contributed by atoms with van der Waals surface area (Å²) >= 11 is 0. The molecule has 1 aliphatic rings. The second-order valence-electron chi connectivity index (χ2n) is 8.17. The lowest BCUT2D eigenvalue weighted by molar-refractivity contribution is -0.385. The highest BCUT2D eigenvalue weighted by molar-refractivity contribution is 6.00. The number of nitro benzene ring substituents is 2. The molecule has 0 aromatic heterocycles. The summed E-state index contributed by atoms with van der Waals surface area (Å²) in [4.78, 5) is 69.0. The van der Waals surface area contributed by atoms with Crippen molar-refractivity contribution in [3.05, 3.63) is 79.9 Å². The van der Waals surface area contributed by atoms with Crippen LogP contribution in [0.3, 0.4) is 0 Å². The number of non-ortho nitro benzene ring substituents is 2. The first-order chi connectivity index (χ1) is 17.5. The van der Waals surface area contributed by atoms with Crippen molar-refractivity contribution in [2.75, 3.05) is 0 Å². The van der Waals surface area contributed by atoms with Crippen LogP contribution in [0.4, 0.5) is 16.2 Å². The first-order valence-electron chi connectivity index (χ1n) is 10.9. The second kappa shape index (κ2) is 11.7. The van der Waals surface area contributed by atoms with E-state index < -0.39 is 58.0 Å². The van der Waals surface area contributed by atoms with Crippen LogP contribution in [0.25, 0.3) is 0 Å². The number of hydrogen-bond acceptors (Lipinski definition) is 10. The molecule has 0 spiro atoms. The van der Waals surface area contributed by atoms with Crippen molar-refractivity contribution in [1.29, 1.82) is 0 Å². The lowest BCUT2D eigenvalue weighted by Crippen LogP contribution is -2.68. The third kappa shape index (κ3) is 7.06. The number of benzene rings is 2. The van der Waals surface area contributed by atoms with Gasteiger partial charge >= 0.3 is 12.1 Å². The summed E-state index contributed by atoms with van der Waals surface area (Å²) in [6.45, 7) is 1.09. The predicted molar refractivity (Wildman–Crippen MR) is 124 cm³/mol. The number of hydrogen-bond donors (Lipinski definition) is 2. The van der Waals surface area contributed by atoms with Crippen LogP contribution in [0.5, 0.6) is 0 Å². The van der Waals surface area contributed by atoms with Gasteiger partial charge < -0.3 is 20.1 Å². The monoisotopic (exact) mass is 514 g/mol. The SMILES string of the molecule is C[C@@H](C(=O)CC(=O)OCc1ccc([N+](=O)[O-])cc1)[C@H]1C(=O)N[C@@H]1NC(=O)OCc1ccc([N+](=O)[O-])cc1. The normalized spacial score (nSPS) is 16.9. The van der Waals surface area contributed by atoms with E-state index in [2.05, 4.69) is 10.6 Å². The maximum atomic E-state index is 12.5. The van der Waals surface area contributed by atoms with E-state index in [4.69, 9.17) is 9.47 Å². The summed E-state index contributed by atoms with van der Waals surface area (Å²) in [5.74, 6) is -3.73. The number of rotatable bonds is 11. The molecule has 0 saturated carbocycles. The van der Waals surface area contributed by atoms with E-state index in [1.165, 1.54) is 55.5 Å². The lowest BCUT2D eigenvalue weighted by atomic mass is 9.81. The quantitative estimate of drug-likeness (QED) is 0.147. The largest absolute Gasteiger partial charge is 0.460 e. The van der Waals surface area contributed by atoms with Crippen LogP contribution in [-0.2, 0) is 37.1 Å². The molecule has 0 bridgehead atoms. The van der Waals surface area contributed by atoms with Crippen LogP contribution in [0.2, 0.25) is 0 Å². The van der Waals surface area contributed by atoms with Crippen LogP contribution in [0.1, 0.15) is 24.5 Å². The number of esters is 1. The zero-order valence-corrected chi connectivity index (χ0v) is 19.4. The van der Waals surface area contributed by atoms with Gasteiger partial charge in [0.15, 0.2) is 0 Å². The number of ether oxygens (including phenoxy) is 2. The molecule has 3 rings (SSSR count). The fraction of sp³-hybridized carbons (Fsp3) is 0.304. The molecular weight excluding hydrogens is 492 g/mol. The van der Waals surface area contributed by atoms with Crippen molar-refractivity contribution in [1.82, 2.24) is 10.6 Å². The number of alkyl carbamates (subject to hydrolysis) is 1. The smallest absolute Gasteiger partial charge is 0.409 e. The molecule has 1 heterocycles. The maximum Gasteiger partial charge on any atom is 0.409 e. The molecule has 1 saturated heterocycles. The minimum absolute atomic E-state index is 0.109. The molecule has 2 amide bonds. The Morgan fingerprint density at radius 1 is 0.919 bits per heavy atom. The molecule has 3 atom stereocenters. The van der Waals surface area contributed by atoms with Crippen molar-refractivity contribution in [3.63, 3.8) is 0 Å². The van der Waals surface area contributed by atoms with Gasteiger partial charge in [-0.25, -0.2) is 4.79 Å². The second-order valence-corrected chi connectivity index (χ2v) is 8.17. The van der Waals surface area contributed by atoms with E-state index >= 15 is 0 Å². The first kappa shape index (κ1) is 26.7. The van der Waals surface area contributed by atoms with Crippen molar-refractivity contribution < 1.29 is 38.5 Å². The topological polar surface area (TPSA) is 197 Å². The average Bonchev–Trinajstić information content (AvgIpc) is 2.86. The number of Topliss-reactive ketones (excluding diaryl/α,β-unsaturated/α-hetero) is 1. The molecule has 1 aliphatic heterocycles. The van der Waals surface area contributed by atoms with Gasteiger partial charge in [-0.15, -0.1) is 0 Å². The van der Waals surface area contributed by atoms with E-state index in [0.717, 1.165) is 0 Å². The van der Waals surface area contributed by atoms with Gasteiger partial charge in [0.25, 0.3) is 11.4 Å². The van der Waals surface area contributed by atoms with E-state index in [-0.39, 0.29) is 24.6 Å². The fourth-order valence-electron chi connectivity index (χ4n) is 3.50. The van der Waals surface area contributed by atoms with Gasteiger partial charge in [-0.2, -0.15) is 0 Å². The van der Waals surface area contributed by atoms with E-state index in [9.17, 15) is 39.4 Å². The average molecular weight is 514 g/mol. The number of ketones is 1. The van der Waals surface area contributed by atoms with Gasteiger partial charge in [-0.1, -0.05) is 6.92 Å². The standard InChI is InChI=1S/C23H22N4O10/c1-13(18(28)10-19(29)36-11-14-2-6-16(7-3-14)26(32)33)20-21(24-22(20)30)25-23(31)37-12-15-4-8-17(9-5-15)27(34)35/h2-9,13,20-21H,10-12H2,1H3,(H,24,30)(H,25,31)/t13-,20+,21+/m0/s1. The van der Waals surface area contributed by atoms with Gasteiger partial charge in [-0.05, 0) is 35.4 Å². The van der Waals surface area contributed by atoms with Crippen LogP contribution in [0.15, 0.2) is 48.5 Å². The Labute approximate surface area is 209 Å². The summed E-state index contributed by atoms with van der Waals surface area (Å²) in [5.41, 5.74) is 0.776. The number of amides is 2. The summed E-state index contributed by atoms with van der Waals surface area (Å²) in [6, 6.07) is 10.8. The molecule has 14 heteroatoms. The Balaban J connectivity index is 1.44. The molecule has 0 radical (unpaired) electrons. The van der Waals surface area contributed by atoms with Crippen LogP contribution in [-0.4, -0.2) is 39.8 Å². The molecule has 2 aromatic carbocycles. The number of nitro groups is 2. The Bertz CT molecular complexity index is 1210. The van der Waals surface area contributed by atoms with Crippen molar-refractivity contribution in [2.24, 2.45) is 11.8 Å². The first-order valence-corrected chi connectivity index (χ1v) is 10.9. The van der Waals surface area contributed by atoms with E-state index in [0.29, 0.717) is 11.1 Å². The highest BCUT2D eigenvalue weighted by Crippen LogP contribution is 2.25. The lowest BCUT2D eigenvalue weighted by Gasteiger charge is -2.39. The van der Waals surface area contributed by atoms with Gasteiger partial charge in [0.1, 0.15) is 31.6 Å². The van der Waals surface area contributed by atoms with Crippen LogP contribution < -0.4 is 10.6 Å². The molecule has 0 unspecified atom stereocenters. The fourth-order valence-corrected chi connectivity index (χ4v) is 3.50. The molecule has 37 heavy (non-hydrogen) atoms. The third-order valence-corrected chi connectivity index (χ3v) is 5.66. The van der Waals surface area contributed by atoms with E-state index in [1.807, 2.05) is 0 Å². The van der Waals surface area contributed by atoms with E-state index in [1.54, 1.807) is 0 Å². The number of carbonyl (C=O) groups is 4. The predicted octanol–water partition coefficient (Wildman–Crippen LogP) is 2.14. The zero-order valence-electron chi connectivity index (χ0n) is 19.4. The van der Waals surface area contributed by atoms with Gasteiger partial charge in [0.2, 0.25) is 5.91 Å². The number of carbonyl (C=O) groups excluding carboxylic acids is 4. The Hall–Kier alpha value is -4.88. The number of β-lactam (4-membered cyclic amide) rings is 1. The summed E-state index contributed by atoms with van der Waals surface area (Å²) in [5, 5.41) is 26.2. The van der Waals surface area contributed by atoms with Crippen molar-refractivity contribution >= 4 is 35.1 Å². The van der Waals surface area contributed by atoms with Gasteiger partial charge in [0, 0.05) is 30.2 Å². The third-order valence-electron chi connectivity index (χ3n) is 5.66. The van der Waals surface area contributed by atoms with Crippen LogP contribution in [0, 0.1) is 32.1 Å². The molecule has 1 fully saturated rings. The molecule has 0 aliphatic carbocycles. The summed E-state index contributed by atoms with van der Waals surface area (Å²) < 4.78 is 10.1. The molecule has 2 aromatic rings. The number of nitrogens with zero attached hydrogens (tertiary/aromatic N) is 2. The molecule has 194 valence electrons. The Kier molecular flexibility index (Phi) is 8.45. The minimum atomic E-state index is -0.929. The van der Waals surface area contributed by atoms with Gasteiger partial charge in [0.05, 0.1) is 15.8 Å². The van der Waals surface area contributed by atoms with Crippen molar-refractivity contribution in [2.45, 2.75) is 32.7 Å². The van der Waals surface area contributed by atoms with Crippen LogP contribution >= 0.6 is 0 Å². The highest BCUT2D eigenvalue weighted by Gasteiger charge is 2.46. The maximum absolute atomic E-state index is 12.5. The van der Waals surface area contributed by atoms with Gasteiger partial charge in [-0.3, -0.25) is 34.6 Å². The summed E-state index contributed by atoms with van der Waals surface area (Å²) in [6.07, 6.45) is -2.38. The minimum Gasteiger partial charge on any atom is -0.460 e. The Morgan fingerprint density at radius 2 is 1.41 bits per heavy atom. The molecule has 2 N–H and O–H groups in total. The summed E-state index contributed by atoms with van der Waals surface area (Å²) in [7, 11) is 0. The zero-order chi connectivity index (χ0) is 27.1. The molecular formula is C23H22N4O10. The number of nitrogens with one attached hydrogen (secondary N) is 2. The Morgan fingerprint density at radius 3 is 1.86 bits per heavy atom. The highest BCUT2D eigenvalue weighted by atomic mass is 16.6.